The second-order valence-corrected chi connectivity index (χ2v) is 3.02. The number of hydrogen-bond donors (Lipinski definition) is 0. The van der Waals surface area contributed by atoms with Crippen molar-refractivity contribution in [1.82, 2.24) is 0 Å². The summed E-state index contributed by atoms with van der Waals surface area (Å²) in [4.78, 5) is 0. The van der Waals surface area contributed by atoms with Crippen molar-refractivity contribution in [3.8, 4) is 11.8 Å². The van der Waals surface area contributed by atoms with Gasteiger partial charge in [0.2, 0.25) is 0 Å². The van der Waals surface area contributed by atoms with Crippen molar-refractivity contribution in [1.29, 1.82) is 5.26 Å². The quantitative estimate of drug-likeness (QED) is 0.764. The molecular weight excluding hydrogens is 198 g/mol. The van der Waals surface area contributed by atoms with Crippen molar-refractivity contribution in [2.45, 2.75) is 6.92 Å². The molecule has 1 aromatic rings. The maximum atomic E-state index is 8.68. The Balaban J connectivity index is 2.80. The Labute approximate surface area is 88.4 Å². The zero-order valence-corrected chi connectivity index (χ0v) is 8.58. The maximum absolute atomic E-state index is 8.68. The second kappa shape index (κ2) is 5.31. The van der Waals surface area contributed by atoms with Crippen molar-refractivity contribution in [2.24, 2.45) is 0 Å². The zero-order valence-electron chi connectivity index (χ0n) is 7.83. The number of aryl methyl sites for hydroxylation is 1. The first-order valence-corrected chi connectivity index (χ1v) is 4.60. The van der Waals surface area contributed by atoms with E-state index in [1.807, 2.05) is 13.0 Å². The van der Waals surface area contributed by atoms with Gasteiger partial charge in [0.15, 0.2) is 0 Å². The van der Waals surface area contributed by atoms with E-state index in [2.05, 4.69) is 6.07 Å². The highest BCUT2D eigenvalue weighted by Crippen LogP contribution is 2.18. The van der Waals surface area contributed by atoms with E-state index in [-0.39, 0.29) is 0 Å². The van der Waals surface area contributed by atoms with Crippen LogP contribution in [0, 0.1) is 18.3 Å². The van der Waals surface area contributed by atoms with Gasteiger partial charge in [-0.15, -0.1) is 0 Å². The molecule has 0 unspecified atom stereocenters. The van der Waals surface area contributed by atoms with Gasteiger partial charge in [0.1, 0.15) is 12.4 Å². The topological polar surface area (TPSA) is 33.0 Å². The summed E-state index contributed by atoms with van der Waals surface area (Å²) in [6.07, 6.45) is 1.69. The van der Waals surface area contributed by atoms with Crippen LogP contribution in [0.2, 0.25) is 0 Å². The van der Waals surface area contributed by atoms with Crippen LogP contribution in [0.25, 0.3) is 0 Å². The summed E-state index contributed by atoms with van der Waals surface area (Å²) in [6, 6.07) is 7.40. The number of nitrogens with zero attached hydrogens (tertiary/aromatic N) is 1. The van der Waals surface area contributed by atoms with Crippen LogP contribution in [-0.2, 0) is 0 Å². The second-order valence-electron chi connectivity index (χ2n) is 2.76. The van der Waals surface area contributed by atoms with Crippen LogP contribution >= 0.6 is 11.6 Å². The summed E-state index contributed by atoms with van der Waals surface area (Å²) in [5.74, 6) is 0.721. The van der Waals surface area contributed by atoms with Gasteiger partial charge in [-0.05, 0) is 30.7 Å². The standard InChI is InChI=1S/C11H10ClNO/c1-9-3-4-10(8-13)7-11(9)14-6-2-5-12/h2-5,7H,6H2,1H3/b5-2+. The molecular formula is C11H10ClNO. The van der Waals surface area contributed by atoms with Crippen molar-refractivity contribution >= 4 is 11.6 Å². The highest BCUT2D eigenvalue weighted by molar-refractivity contribution is 6.25. The monoisotopic (exact) mass is 207 g/mol. The summed E-state index contributed by atoms with van der Waals surface area (Å²) >= 11 is 5.35. The number of halogens is 1. The highest BCUT2D eigenvalue weighted by Gasteiger charge is 1.99. The molecule has 0 amide bonds. The average Bonchev–Trinajstić information content (AvgIpc) is 2.21. The molecule has 0 atom stereocenters. The SMILES string of the molecule is Cc1ccc(C#N)cc1OC/C=C/Cl. The predicted molar refractivity (Wildman–Crippen MR) is 56.4 cm³/mol. The fourth-order valence-corrected chi connectivity index (χ4v) is 1.07. The number of hydrogen-bond acceptors (Lipinski definition) is 2. The Morgan fingerprint density at radius 2 is 2.36 bits per heavy atom. The largest absolute Gasteiger partial charge is 0.489 e. The molecule has 0 spiro atoms. The highest BCUT2D eigenvalue weighted by atomic mass is 35.5. The van der Waals surface area contributed by atoms with Crippen molar-refractivity contribution in [3.63, 3.8) is 0 Å². The summed E-state index contributed by atoms with van der Waals surface area (Å²) in [5.41, 5.74) is 3.01. The third kappa shape index (κ3) is 2.79. The molecule has 2 nitrogen and oxygen atoms in total. The van der Waals surface area contributed by atoms with E-state index < -0.39 is 0 Å². The van der Waals surface area contributed by atoms with Gasteiger partial charge in [0.05, 0.1) is 11.6 Å². The summed E-state index contributed by atoms with van der Waals surface area (Å²) < 4.78 is 5.40. The van der Waals surface area contributed by atoms with Crippen LogP contribution in [0.1, 0.15) is 11.1 Å². The molecule has 0 aliphatic rings. The van der Waals surface area contributed by atoms with Gasteiger partial charge in [0.25, 0.3) is 0 Å². The molecule has 0 N–H and O–H groups in total. The molecule has 14 heavy (non-hydrogen) atoms. The van der Waals surface area contributed by atoms with E-state index in [0.717, 1.165) is 11.3 Å². The van der Waals surface area contributed by atoms with Crippen LogP contribution in [0.5, 0.6) is 5.75 Å². The third-order valence-corrected chi connectivity index (χ3v) is 1.92. The van der Waals surface area contributed by atoms with Gasteiger partial charge in [-0.1, -0.05) is 17.7 Å². The van der Waals surface area contributed by atoms with E-state index in [4.69, 9.17) is 21.6 Å². The van der Waals surface area contributed by atoms with E-state index in [1.54, 1.807) is 18.2 Å². The van der Waals surface area contributed by atoms with Crippen LogP contribution in [0.15, 0.2) is 29.8 Å². The first-order valence-electron chi connectivity index (χ1n) is 4.16. The predicted octanol–water partition coefficient (Wildman–Crippen LogP) is 3.00. The van der Waals surface area contributed by atoms with Gasteiger partial charge in [-0.3, -0.25) is 0 Å². The molecule has 0 bridgehead atoms. The number of rotatable bonds is 3. The first-order chi connectivity index (χ1) is 6.77. The van der Waals surface area contributed by atoms with Gasteiger partial charge in [-0.2, -0.15) is 5.26 Å². The molecule has 0 saturated heterocycles. The van der Waals surface area contributed by atoms with Crippen LogP contribution in [0.3, 0.4) is 0 Å². The molecule has 0 radical (unpaired) electrons. The molecule has 3 heteroatoms. The number of benzene rings is 1. The Kier molecular flexibility index (Phi) is 4.03. The van der Waals surface area contributed by atoms with Crippen molar-refractivity contribution < 1.29 is 4.74 Å². The molecule has 1 rings (SSSR count). The summed E-state index contributed by atoms with van der Waals surface area (Å²) in [6.45, 7) is 2.35. The van der Waals surface area contributed by atoms with Crippen molar-refractivity contribution in [2.75, 3.05) is 6.61 Å². The van der Waals surface area contributed by atoms with Crippen LogP contribution in [-0.4, -0.2) is 6.61 Å². The molecule has 0 aliphatic heterocycles. The van der Waals surface area contributed by atoms with Crippen molar-refractivity contribution in [3.05, 3.63) is 40.9 Å². The smallest absolute Gasteiger partial charge is 0.124 e. The number of ether oxygens (including phenoxy) is 1. The first kappa shape index (κ1) is 10.6. The average molecular weight is 208 g/mol. The lowest BCUT2D eigenvalue weighted by molar-refractivity contribution is 0.360. The van der Waals surface area contributed by atoms with E-state index in [1.165, 1.54) is 5.54 Å². The molecule has 0 aliphatic carbocycles. The van der Waals surface area contributed by atoms with Gasteiger partial charge in [-0.25, -0.2) is 0 Å². The van der Waals surface area contributed by atoms with Gasteiger partial charge >= 0.3 is 0 Å². The lowest BCUT2D eigenvalue weighted by atomic mass is 10.1. The minimum absolute atomic E-state index is 0.416. The minimum atomic E-state index is 0.416. The normalized spacial score (nSPS) is 10.1. The molecule has 0 aromatic heterocycles. The van der Waals surface area contributed by atoms with E-state index >= 15 is 0 Å². The third-order valence-electron chi connectivity index (χ3n) is 1.74. The molecule has 72 valence electrons. The maximum Gasteiger partial charge on any atom is 0.124 e. The Morgan fingerprint density at radius 3 is 3.00 bits per heavy atom. The molecule has 1 aromatic carbocycles. The van der Waals surface area contributed by atoms with Gasteiger partial charge < -0.3 is 4.74 Å². The fraction of sp³-hybridized carbons (Fsp3) is 0.182. The van der Waals surface area contributed by atoms with E-state index in [9.17, 15) is 0 Å². The Morgan fingerprint density at radius 1 is 1.57 bits per heavy atom. The summed E-state index contributed by atoms with van der Waals surface area (Å²) in [5, 5.41) is 8.68. The van der Waals surface area contributed by atoms with E-state index in [0.29, 0.717) is 12.2 Å². The fourth-order valence-electron chi connectivity index (χ4n) is 0.999. The van der Waals surface area contributed by atoms with Crippen LogP contribution < -0.4 is 4.74 Å². The number of nitriles is 1. The lowest BCUT2D eigenvalue weighted by Gasteiger charge is -2.06. The minimum Gasteiger partial charge on any atom is -0.489 e. The Hall–Kier alpha value is -1.46. The molecule has 0 heterocycles. The van der Waals surface area contributed by atoms with Crippen LogP contribution in [0.4, 0.5) is 0 Å². The summed E-state index contributed by atoms with van der Waals surface area (Å²) in [7, 11) is 0. The lowest BCUT2D eigenvalue weighted by Crippen LogP contribution is -1.95. The molecule has 0 saturated carbocycles. The Bertz CT molecular complexity index is 379. The van der Waals surface area contributed by atoms with Gasteiger partial charge in [0, 0.05) is 5.54 Å². The molecule has 0 fully saturated rings. The zero-order chi connectivity index (χ0) is 10.4.